The van der Waals surface area contributed by atoms with E-state index in [0.717, 1.165) is 28.0 Å². The first kappa shape index (κ1) is 19.9. The number of halogens is 1. The zero-order chi connectivity index (χ0) is 18.4. The standard InChI is InChI=1S/C20H27FO3/c1-7-16(11-18(21)20(22)23)12(2)8-9-17-13(3)10-19(24-6)15(5)14(17)4/h8-12,16H,7H2,1-6H3,(H,22,23)/b9-8+,18-11+. The summed E-state index contributed by atoms with van der Waals surface area (Å²) in [6, 6.07) is 2.01. The molecule has 0 saturated heterocycles. The predicted molar refractivity (Wildman–Crippen MR) is 96.0 cm³/mol. The number of methoxy groups -OCH3 is 1. The molecule has 0 aliphatic heterocycles. The molecule has 0 radical (unpaired) electrons. The normalized spacial score (nSPS) is 14.7. The highest BCUT2D eigenvalue weighted by molar-refractivity contribution is 5.83. The van der Waals surface area contributed by atoms with Gasteiger partial charge in [0.1, 0.15) is 5.75 Å². The van der Waals surface area contributed by atoms with Crippen molar-refractivity contribution in [2.75, 3.05) is 7.11 Å². The van der Waals surface area contributed by atoms with Gasteiger partial charge in [-0.05, 0) is 73.4 Å². The minimum Gasteiger partial charge on any atom is -0.496 e. The van der Waals surface area contributed by atoms with Gasteiger partial charge in [-0.25, -0.2) is 4.79 Å². The SMILES string of the molecule is CCC(/C=C(/F)C(=O)O)C(C)/C=C/c1c(C)cc(OC)c(C)c1C. The number of aliphatic carboxylic acids is 1. The molecule has 132 valence electrons. The number of rotatable bonds is 7. The maximum Gasteiger partial charge on any atom is 0.364 e. The lowest BCUT2D eigenvalue weighted by Crippen LogP contribution is -2.08. The fourth-order valence-electron chi connectivity index (χ4n) is 2.83. The molecule has 0 aromatic heterocycles. The summed E-state index contributed by atoms with van der Waals surface area (Å²) in [5.41, 5.74) is 4.48. The van der Waals surface area contributed by atoms with Crippen LogP contribution in [0.3, 0.4) is 0 Å². The summed E-state index contributed by atoms with van der Waals surface area (Å²) in [7, 11) is 1.66. The molecule has 1 aromatic rings. The molecule has 0 aliphatic rings. The number of aryl methyl sites for hydroxylation is 1. The van der Waals surface area contributed by atoms with Crippen molar-refractivity contribution in [1.29, 1.82) is 0 Å². The quantitative estimate of drug-likeness (QED) is 0.694. The first-order chi connectivity index (χ1) is 11.2. The maximum atomic E-state index is 13.4. The molecule has 0 amide bonds. The van der Waals surface area contributed by atoms with E-state index in [9.17, 15) is 9.18 Å². The molecule has 24 heavy (non-hydrogen) atoms. The van der Waals surface area contributed by atoms with Crippen LogP contribution < -0.4 is 4.74 Å². The Labute approximate surface area is 143 Å². The van der Waals surface area contributed by atoms with Crippen LogP contribution in [-0.2, 0) is 4.79 Å². The Morgan fingerprint density at radius 2 is 1.96 bits per heavy atom. The van der Waals surface area contributed by atoms with Crippen LogP contribution in [0.2, 0.25) is 0 Å². The predicted octanol–water partition coefficient (Wildman–Crippen LogP) is 5.23. The van der Waals surface area contributed by atoms with Gasteiger partial charge in [-0.2, -0.15) is 4.39 Å². The zero-order valence-electron chi connectivity index (χ0n) is 15.3. The second kappa shape index (κ2) is 8.67. The molecule has 2 atom stereocenters. The van der Waals surface area contributed by atoms with E-state index >= 15 is 0 Å². The van der Waals surface area contributed by atoms with Gasteiger partial charge in [-0.3, -0.25) is 0 Å². The van der Waals surface area contributed by atoms with Crippen LogP contribution in [0, 0.1) is 32.6 Å². The smallest absolute Gasteiger partial charge is 0.364 e. The molecule has 1 N–H and O–H groups in total. The highest BCUT2D eigenvalue weighted by Crippen LogP contribution is 2.29. The van der Waals surface area contributed by atoms with Gasteiger partial charge in [0, 0.05) is 0 Å². The average Bonchev–Trinajstić information content (AvgIpc) is 2.54. The lowest BCUT2D eigenvalue weighted by atomic mass is 9.89. The van der Waals surface area contributed by atoms with Gasteiger partial charge in [-0.15, -0.1) is 0 Å². The monoisotopic (exact) mass is 334 g/mol. The summed E-state index contributed by atoms with van der Waals surface area (Å²) >= 11 is 0. The van der Waals surface area contributed by atoms with E-state index in [1.54, 1.807) is 7.11 Å². The summed E-state index contributed by atoms with van der Waals surface area (Å²) in [6.45, 7) is 10.00. The molecule has 4 heteroatoms. The van der Waals surface area contributed by atoms with Crippen molar-refractivity contribution < 1.29 is 19.0 Å². The minimum absolute atomic E-state index is 0.0290. The van der Waals surface area contributed by atoms with Crippen LogP contribution in [0.1, 0.15) is 42.5 Å². The summed E-state index contributed by atoms with van der Waals surface area (Å²) < 4.78 is 18.8. The molecule has 3 nitrogen and oxygen atoms in total. The Morgan fingerprint density at radius 3 is 2.46 bits per heavy atom. The molecule has 1 rings (SSSR count). The first-order valence-electron chi connectivity index (χ1n) is 8.16. The molecule has 0 fully saturated rings. The number of ether oxygens (including phenoxy) is 1. The highest BCUT2D eigenvalue weighted by Gasteiger charge is 2.15. The molecule has 0 aliphatic carbocycles. The Hall–Kier alpha value is -2.10. The van der Waals surface area contributed by atoms with Crippen molar-refractivity contribution >= 4 is 12.0 Å². The van der Waals surface area contributed by atoms with E-state index in [-0.39, 0.29) is 11.8 Å². The van der Waals surface area contributed by atoms with Crippen LogP contribution >= 0.6 is 0 Å². The number of hydrogen-bond acceptors (Lipinski definition) is 2. The molecule has 2 unspecified atom stereocenters. The number of carbonyl (C=O) groups is 1. The minimum atomic E-state index is -1.51. The van der Waals surface area contributed by atoms with Crippen molar-refractivity contribution in [2.45, 2.75) is 41.0 Å². The van der Waals surface area contributed by atoms with E-state index in [1.807, 2.05) is 45.9 Å². The Bertz CT molecular complexity index is 659. The fourth-order valence-corrected chi connectivity index (χ4v) is 2.83. The molecular formula is C20H27FO3. The van der Waals surface area contributed by atoms with Gasteiger partial charge >= 0.3 is 5.97 Å². The van der Waals surface area contributed by atoms with Crippen LogP contribution in [0.4, 0.5) is 4.39 Å². The number of carboxylic acid groups (broad SMARTS) is 1. The maximum absolute atomic E-state index is 13.4. The molecule has 0 heterocycles. The van der Waals surface area contributed by atoms with Gasteiger partial charge in [0.15, 0.2) is 0 Å². The molecule has 1 aromatic carbocycles. The second-order valence-electron chi connectivity index (χ2n) is 6.17. The molecule has 0 spiro atoms. The van der Waals surface area contributed by atoms with Gasteiger partial charge in [0.2, 0.25) is 5.83 Å². The third kappa shape index (κ3) is 4.70. The van der Waals surface area contributed by atoms with Crippen molar-refractivity contribution in [3.63, 3.8) is 0 Å². The first-order valence-corrected chi connectivity index (χ1v) is 8.16. The van der Waals surface area contributed by atoms with Crippen molar-refractivity contribution in [1.82, 2.24) is 0 Å². The van der Waals surface area contributed by atoms with E-state index in [1.165, 1.54) is 6.08 Å². The summed E-state index contributed by atoms with van der Waals surface area (Å²) in [5, 5.41) is 8.70. The van der Waals surface area contributed by atoms with Gasteiger partial charge in [-0.1, -0.05) is 26.0 Å². The lowest BCUT2D eigenvalue weighted by molar-refractivity contribution is -0.134. The van der Waals surface area contributed by atoms with E-state index < -0.39 is 11.8 Å². The summed E-state index contributed by atoms with van der Waals surface area (Å²) in [6.07, 6.45) is 5.93. The van der Waals surface area contributed by atoms with E-state index in [0.29, 0.717) is 6.42 Å². The Kier molecular flexibility index (Phi) is 7.20. The average molecular weight is 334 g/mol. The highest BCUT2D eigenvalue weighted by atomic mass is 19.1. The topological polar surface area (TPSA) is 46.5 Å². The number of benzene rings is 1. The Balaban J connectivity index is 3.10. The molecular weight excluding hydrogens is 307 g/mol. The number of carboxylic acids is 1. The van der Waals surface area contributed by atoms with Crippen LogP contribution in [0.25, 0.3) is 6.08 Å². The summed E-state index contributed by atoms with van der Waals surface area (Å²) in [4.78, 5) is 10.7. The van der Waals surface area contributed by atoms with Crippen molar-refractivity contribution in [3.8, 4) is 5.75 Å². The van der Waals surface area contributed by atoms with Crippen LogP contribution in [-0.4, -0.2) is 18.2 Å². The van der Waals surface area contributed by atoms with Crippen molar-refractivity contribution in [3.05, 3.63) is 46.3 Å². The molecule has 0 bridgehead atoms. The molecule has 0 saturated carbocycles. The third-order valence-electron chi connectivity index (χ3n) is 4.61. The lowest BCUT2D eigenvalue weighted by Gasteiger charge is -2.17. The Morgan fingerprint density at radius 1 is 1.33 bits per heavy atom. The van der Waals surface area contributed by atoms with Gasteiger partial charge < -0.3 is 9.84 Å². The van der Waals surface area contributed by atoms with Crippen LogP contribution in [0.15, 0.2) is 24.0 Å². The van der Waals surface area contributed by atoms with Gasteiger partial charge in [0.25, 0.3) is 0 Å². The van der Waals surface area contributed by atoms with Crippen LogP contribution in [0.5, 0.6) is 5.75 Å². The van der Waals surface area contributed by atoms with Crippen molar-refractivity contribution in [2.24, 2.45) is 11.8 Å². The van der Waals surface area contributed by atoms with Gasteiger partial charge in [0.05, 0.1) is 7.11 Å². The fraction of sp³-hybridized carbons (Fsp3) is 0.450. The van der Waals surface area contributed by atoms with E-state index in [4.69, 9.17) is 9.84 Å². The summed E-state index contributed by atoms with van der Waals surface area (Å²) in [5.74, 6) is -1.86. The largest absolute Gasteiger partial charge is 0.496 e. The van der Waals surface area contributed by atoms with E-state index in [2.05, 4.69) is 6.92 Å². The number of allylic oxidation sites excluding steroid dienone is 2. The number of hydrogen-bond donors (Lipinski definition) is 1. The third-order valence-corrected chi connectivity index (χ3v) is 4.61. The zero-order valence-corrected chi connectivity index (χ0v) is 15.3. The second-order valence-corrected chi connectivity index (χ2v) is 6.17.